The molecule has 0 spiro atoms. The third-order valence-corrected chi connectivity index (χ3v) is 4.33. The molecule has 3 rings (SSSR count). The summed E-state index contributed by atoms with van der Waals surface area (Å²) in [4.78, 5) is 13.3. The number of nitrogens with zero attached hydrogens (tertiary/aromatic N) is 3. The van der Waals surface area contributed by atoms with Gasteiger partial charge in [0.05, 0.1) is 0 Å². The molecule has 0 unspecified atom stereocenters. The van der Waals surface area contributed by atoms with Gasteiger partial charge in [-0.05, 0) is 43.9 Å². The monoisotopic (exact) mass is 246 g/mol. The SMILES string of the molecule is CC1(C)CCC(c2nc(N)nc(C3CC3)n2)CC1. The van der Waals surface area contributed by atoms with Crippen LogP contribution < -0.4 is 5.73 Å². The molecule has 0 atom stereocenters. The fraction of sp³-hybridized carbons (Fsp3) is 0.786. The highest BCUT2D eigenvalue weighted by Crippen LogP contribution is 2.43. The van der Waals surface area contributed by atoms with Gasteiger partial charge >= 0.3 is 0 Å². The molecule has 0 amide bonds. The van der Waals surface area contributed by atoms with Crippen LogP contribution in [0.3, 0.4) is 0 Å². The highest BCUT2D eigenvalue weighted by atomic mass is 15.1. The molecule has 98 valence electrons. The molecule has 1 aromatic rings. The Morgan fingerprint density at radius 3 is 1.89 bits per heavy atom. The maximum Gasteiger partial charge on any atom is 0.223 e. The zero-order valence-corrected chi connectivity index (χ0v) is 11.3. The number of rotatable bonds is 2. The largest absolute Gasteiger partial charge is 0.368 e. The molecular formula is C14H22N4. The van der Waals surface area contributed by atoms with Gasteiger partial charge in [0.15, 0.2) is 0 Å². The van der Waals surface area contributed by atoms with Gasteiger partial charge in [-0.25, -0.2) is 4.98 Å². The van der Waals surface area contributed by atoms with Crippen LogP contribution in [-0.2, 0) is 0 Å². The lowest BCUT2D eigenvalue weighted by atomic mass is 9.73. The smallest absolute Gasteiger partial charge is 0.223 e. The van der Waals surface area contributed by atoms with E-state index in [-0.39, 0.29) is 0 Å². The lowest BCUT2D eigenvalue weighted by molar-refractivity contribution is 0.220. The van der Waals surface area contributed by atoms with Crippen molar-refractivity contribution in [1.82, 2.24) is 15.0 Å². The Morgan fingerprint density at radius 2 is 1.39 bits per heavy atom. The van der Waals surface area contributed by atoms with E-state index in [4.69, 9.17) is 5.73 Å². The summed E-state index contributed by atoms with van der Waals surface area (Å²) in [5.74, 6) is 3.32. The van der Waals surface area contributed by atoms with Gasteiger partial charge in [0.1, 0.15) is 11.6 Å². The van der Waals surface area contributed by atoms with Crippen molar-refractivity contribution in [2.24, 2.45) is 5.41 Å². The summed E-state index contributed by atoms with van der Waals surface area (Å²) >= 11 is 0. The van der Waals surface area contributed by atoms with Crippen LogP contribution in [0, 0.1) is 5.41 Å². The van der Waals surface area contributed by atoms with Crippen LogP contribution in [-0.4, -0.2) is 15.0 Å². The average Bonchev–Trinajstić information content (AvgIpc) is 3.11. The van der Waals surface area contributed by atoms with E-state index < -0.39 is 0 Å². The summed E-state index contributed by atoms with van der Waals surface area (Å²) in [6.07, 6.45) is 7.28. The van der Waals surface area contributed by atoms with E-state index in [1.165, 1.54) is 38.5 Å². The predicted molar refractivity (Wildman–Crippen MR) is 71.2 cm³/mol. The lowest BCUT2D eigenvalue weighted by Crippen LogP contribution is -2.22. The molecule has 2 N–H and O–H groups in total. The normalized spacial score (nSPS) is 24.1. The quantitative estimate of drug-likeness (QED) is 0.871. The average molecular weight is 246 g/mol. The fourth-order valence-electron chi connectivity index (χ4n) is 2.79. The molecule has 0 radical (unpaired) electrons. The first kappa shape index (κ1) is 11.9. The fourth-order valence-corrected chi connectivity index (χ4v) is 2.79. The van der Waals surface area contributed by atoms with E-state index >= 15 is 0 Å². The van der Waals surface area contributed by atoms with Crippen molar-refractivity contribution in [3.05, 3.63) is 11.6 Å². The zero-order valence-electron chi connectivity index (χ0n) is 11.3. The van der Waals surface area contributed by atoms with E-state index in [0.29, 0.717) is 23.2 Å². The summed E-state index contributed by atoms with van der Waals surface area (Å²) in [6, 6.07) is 0. The summed E-state index contributed by atoms with van der Waals surface area (Å²) in [6.45, 7) is 4.70. The molecule has 2 aliphatic rings. The number of aromatic nitrogens is 3. The molecule has 0 aromatic carbocycles. The molecule has 0 bridgehead atoms. The second-order valence-electron chi connectivity index (χ2n) is 6.62. The van der Waals surface area contributed by atoms with Crippen LogP contribution in [0.5, 0.6) is 0 Å². The molecule has 4 heteroatoms. The molecule has 0 saturated heterocycles. The standard InChI is InChI=1S/C14H22N4/c1-14(2)7-5-10(6-8-14)12-16-11(9-3-4-9)17-13(15)18-12/h9-10H,3-8H2,1-2H3,(H2,15,16,17,18). The highest BCUT2D eigenvalue weighted by molar-refractivity contribution is 5.21. The Kier molecular flexibility index (Phi) is 2.76. The van der Waals surface area contributed by atoms with Gasteiger partial charge in [0.2, 0.25) is 5.95 Å². The van der Waals surface area contributed by atoms with Gasteiger partial charge in [-0.3, -0.25) is 0 Å². The summed E-state index contributed by atoms with van der Waals surface area (Å²) in [5.41, 5.74) is 6.30. The van der Waals surface area contributed by atoms with E-state index in [2.05, 4.69) is 28.8 Å². The highest BCUT2D eigenvalue weighted by Gasteiger charge is 2.31. The van der Waals surface area contributed by atoms with Crippen molar-refractivity contribution < 1.29 is 0 Å². The van der Waals surface area contributed by atoms with Crippen LogP contribution in [0.25, 0.3) is 0 Å². The van der Waals surface area contributed by atoms with Crippen LogP contribution in [0.4, 0.5) is 5.95 Å². The van der Waals surface area contributed by atoms with Crippen LogP contribution in [0.15, 0.2) is 0 Å². The number of hydrogen-bond acceptors (Lipinski definition) is 4. The van der Waals surface area contributed by atoms with E-state index in [1.54, 1.807) is 0 Å². The first-order chi connectivity index (χ1) is 8.53. The zero-order chi connectivity index (χ0) is 12.8. The van der Waals surface area contributed by atoms with Crippen molar-refractivity contribution in [3.63, 3.8) is 0 Å². The second kappa shape index (κ2) is 4.18. The Bertz CT molecular complexity index is 441. The van der Waals surface area contributed by atoms with E-state index in [0.717, 1.165) is 11.6 Å². The molecule has 18 heavy (non-hydrogen) atoms. The minimum absolute atomic E-state index is 0.409. The second-order valence-corrected chi connectivity index (χ2v) is 6.62. The number of nitrogens with two attached hydrogens (primary N) is 1. The van der Waals surface area contributed by atoms with Crippen molar-refractivity contribution in [2.75, 3.05) is 5.73 Å². The Balaban J connectivity index is 1.79. The molecule has 2 saturated carbocycles. The van der Waals surface area contributed by atoms with E-state index in [9.17, 15) is 0 Å². The minimum Gasteiger partial charge on any atom is -0.368 e. The summed E-state index contributed by atoms with van der Waals surface area (Å²) < 4.78 is 0. The Hall–Kier alpha value is -1.19. The van der Waals surface area contributed by atoms with Crippen molar-refractivity contribution in [3.8, 4) is 0 Å². The van der Waals surface area contributed by atoms with Crippen LogP contribution >= 0.6 is 0 Å². The van der Waals surface area contributed by atoms with Crippen LogP contribution in [0.2, 0.25) is 0 Å². The predicted octanol–water partition coefficient (Wildman–Crippen LogP) is 3.02. The summed E-state index contributed by atoms with van der Waals surface area (Å²) in [7, 11) is 0. The van der Waals surface area contributed by atoms with Gasteiger partial charge in [-0.1, -0.05) is 13.8 Å². The molecular weight excluding hydrogens is 224 g/mol. The molecule has 2 aliphatic carbocycles. The first-order valence-electron chi connectivity index (χ1n) is 7.05. The van der Waals surface area contributed by atoms with Gasteiger partial charge in [0.25, 0.3) is 0 Å². The van der Waals surface area contributed by atoms with Gasteiger partial charge in [0, 0.05) is 11.8 Å². The van der Waals surface area contributed by atoms with E-state index in [1.807, 2.05) is 0 Å². The van der Waals surface area contributed by atoms with Crippen molar-refractivity contribution >= 4 is 5.95 Å². The van der Waals surface area contributed by atoms with Gasteiger partial charge in [-0.15, -0.1) is 0 Å². The lowest BCUT2D eigenvalue weighted by Gasteiger charge is -2.33. The topological polar surface area (TPSA) is 64.7 Å². The van der Waals surface area contributed by atoms with Crippen molar-refractivity contribution in [1.29, 1.82) is 0 Å². The summed E-state index contributed by atoms with van der Waals surface area (Å²) in [5, 5.41) is 0. The van der Waals surface area contributed by atoms with Crippen molar-refractivity contribution in [2.45, 2.75) is 64.2 Å². The van der Waals surface area contributed by atoms with Crippen LogP contribution in [0.1, 0.15) is 75.9 Å². The molecule has 2 fully saturated rings. The Morgan fingerprint density at radius 1 is 0.889 bits per heavy atom. The molecule has 4 nitrogen and oxygen atoms in total. The maximum absolute atomic E-state index is 5.82. The molecule has 0 aliphatic heterocycles. The molecule has 1 heterocycles. The maximum atomic E-state index is 5.82. The van der Waals surface area contributed by atoms with Gasteiger partial charge < -0.3 is 5.73 Å². The first-order valence-corrected chi connectivity index (χ1v) is 7.05. The third-order valence-electron chi connectivity index (χ3n) is 4.33. The third kappa shape index (κ3) is 2.47. The minimum atomic E-state index is 0.409. The van der Waals surface area contributed by atoms with Gasteiger partial charge in [-0.2, -0.15) is 9.97 Å². The number of nitrogen functional groups attached to an aromatic ring is 1. The Labute approximate surface area is 108 Å². The molecule has 1 aromatic heterocycles. The number of anilines is 1. The number of hydrogen-bond donors (Lipinski definition) is 1.